The fourth-order valence-corrected chi connectivity index (χ4v) is 2.07. The van der Waals surface area contributed by atoms with E-state index < -0.39 is 17.4 Å². The third-order valence-corrected chi connectivity index (χ3v) is 3.22. The van der Waals surface area contributed by atoms with Crippen molar-refractivity contribution in [1.82, 2.24) is 0 Å². The topological polar surface area (TPSA) is 35.5 Å². The molecule has 0 amide bonds. The molecule has 0 atom stereocenters. The smallest absolute Gasteiger partial charge is 0.198 e. The highest BCUT2D eigenvalue weighted by Gasteiger charge is 2.20. The van der Waals surface area contributed by atoms with Gasteiger partial charge in [0, 0.05) is 5.56 Å². The van der Waals surface area contributed by atoms with E-state index in [1.54, 1.807) is 12.1 Å². The van der Waals surface area contributed by atoms with Gasteiger partial charge >= 0.3 is 0 Å². The number of methoxy groups -OCH3 is 2. The number of rotatable bonds is 4. The molecule has 0 radical (unpaired) electrons. The number of ketones is 1. The van der Waals surface area contributed by atoms with Gasteiger partial charge in [-0.1, -0.05) is 11.6 Å². The number of ether oxygens (including phenoxy) is 2. The zero-order chi connectivity index (χ0) is 15.6. The Morgan fingerprint density at radius 2 is 1.67 bits per heavy atom. The fourth-order valence-electron chi connectivity index (χ4n) is 1.83. The Hall–Kier alpha value is -2.14. The van der Waals surface area contributed by atoms with Crippen molar-refractivity contribution in [1.29, 1.82) is 0 Å². The molecule has 0 fully saturated rings. The number of carbonyl (C=O) groups is 1. The van der Waals surface area contributed by atoms with Crippen molar-refractivity contribution in [2.75, 3.05) is 14.2 Å². The summed E-state index contributed by atoms with van der Waals surface area (Å²) in [7, 11) is 2.84. The fraction of sp³-hybridized carbons (Fsp3) is 0.133. The Morgan fingerprint density at radius 1 is 1.00 bits per heavy atom. The third-order valence-electron chi connectivity index (χ3n) is 2.91. The molecular formula is C15H11ClF2O3. The molecule has 0 unspecified atom stereocenters. The van der Waals surface area contributed by atoms with E-state index in [-0.39, 0.29) is 21.9 Å². The molecule has 3 nitrogen and oxygen atoms in total. The van der Waals surface area contributed by atoms with Crippen LogP contribution in [0.4, 0.5) is 8.78 Å². The van der Waals surface area contributed by atoms with Gasteiger partial charge in [-0.05, 0) is 30.3 Å². The monoisotopic (exact) mass is 312 g/mol. The molecule has 2 aromatic rings. The molecule has 6 heteroatoms. The number of benzene rings is 2. The van der Waals surface area contributed by atoms with Crippen molar-refractivity contribution >= 4 is 17.4 Å². The van der Waals surface area contributed by atoms with Gasteiger partial charge in [-0.3, -0.25) is 4.79 Å². The maximum absolute atomic E-state index is 13.3. The minimum absolute atomic E-state index is 0.143. The van der Waals surface area contributed by atoms with Gasteiger partial charge in [-0.25, -0.2) is 8.78 Å². The molecule has 0 aliphatic heterocycles. The van der Waals surface area contributed by atoms with Crippen LogP contribution in [0.15, 0.2) is 30.3 Å². The van der Waals surface area contributed by atoms with Crippen LogP contribution in [0.1, 0.15) is 15.9 Å². The van der Waals surface area contributed by atoms with Crippen molar-refractivity contribution < 1.29 is 23.0 Å². The quantitative estimate of drug-likeness (QED) is 0.635. The van der Waals surface area contributed by atoms with Gasteiger partial charge < -0.3 is 9.47 Å². The summed E-state index contributed by atoms with van der Waals surface area (Å²) < 4.78 is 36.5. The highest BCUT2D eigenvalue weighted by molar-refractivity contribution is 6.35. The van der Waals surface area contributed by atoms with E-state index in [4.69, 9.17) is 21.1 Å². The Balaban J connectivity index is 2.56. The molecule has 2 rings (SSSR count). The predicted octanol–water partition coefficient (Wildman–Crippen LogP) is 3.87. The lowest BCUT2D eigenvalue weighted by atomic mass is 10.0. The van der Waals surface area contributed by atoms with Crippen molar-refractivity contribution in [2.45, 2.75) is 0 Å². The van der Waals surface area contributed by atoms with E-state index >= 15 is 0 Å². The van der Waals surface area contributed by atoms with Crippen LogP contribution in [0.25, 0.3) is 0 Å². The Kier molecular flexibility index (Phi) is 4.43. The SMILES string of the molecule is COc1ccc(OC)c(C(=O)c2cc(F)c(F)cc2Cl)c1. The van der Waals surface area contributed by atoms with Gasteiger partial charge in [-0.15, -0.1) is 0 Å². The summed E-state index contributed by atoms with van der Waals surface area (Å²) in [4.78, 5) is 12.5. The predicted molar refractivity (Wildman–Crippen MR) is 74.3 cm³/mol. The first-order valence-corrected chi connectivity index (χ1v) is 6.27. The summed E-state index contributed by atoms with van der Waals surface area (Å²) in [5, 5.41) is -0.177. The first-order valence-electron chi connectivity index (χ1n) is 5.89. The Morgan fingerprint density at radius 3 is 2.29 bits per heavy atom. The second-order valence-electron chi connectivity index (χ2n) is 4.14. The van der Waals surface area contributed by atoms with Crippen LogP contribution < -0.4 is 9.47 Å². The highest BCUT2D eigenvalue weighted by Crippen LogP contribution is 2.29. The molecule has 0 aromatic heterocycles. The first kappa shape index (κ1) is 15.3. The molecule has 0 spiro atoms. The normalized spacial score (nSPS) is 10.3. The average Bonchev–Trinajstić information content (AvgIpc) is 2.49. The zero-order valence-corrected chi connectivity index (χ0v) is 12.0. The van der Waals surface area contributed by atoms with Gasteiger partial charge in [0.2, 0.25) is 0 Å². The van der Waals surface area contributed by atoms with E-state index in [0.29, 0.717) is 5.75 Å². The van der Waals surface area contributed by atoms with Gasteiger partial charge in [0.25, 0.3) is 0 Å². The molecule has 0 heterocycles. The number of hydrogen-bond donors (Lipinski definition) is 0. The molecule has 0 bridgehead atoms. The lowest BCUT2D eigenvalue weighted by Crippen LogP contribution is -2.06. The van der Waals surface area contributed by atoms with Crippen LogP contribution in [-0.2, 0) is 0 Å². The summed E-state index contributed by atoms with van der Waals surface area (Å²) in [5.74, 6) is -2.15. The van der Waals surface area contributed by atoms with Crippen molar-refractivity contribution in [2.24, 2.45) is 0 Å². The zero-order valence-electron chi connectivity index (χ0n) is 11.2. The molecule has 0 saturated heterocycles. The van der Waals surface area contributed by atoms with Gasteiger partial charge in [0.05, 0.1) is 24.8 Å². The summed E-state index contributed by atoms with van der Waals surface area (Å²) in [5.41, 5.74) is -0.00752. The van der Waals surface area contributed by atoms with E-state index in [2.05, 4.69) is 0 Å². The summed E-state index contributed by atoms with van der Waals surface area (Å²) in [6.07, 6.45) is 0. The standard InChI is InChI=1S/C15H11ClF2O3/c1-20-8-3-4-14(21-2)10(5-8)15(19)9-6-12(17)13(18)7-11(9)16/h3-7H,1-2H3. The lowest BCUT2D eigenvalue weighted by molar-refractivity contribution is 0.103. The number of hydrogen-bond acceptors (Lipinski definition) is 3. The average molecular weight is 313 g/mol. The lowest BCUT2D eigenvalue weighted by Gasteiger charge is -2.11. The largest absolute Gasteiger partial charge is 0.497 e. The van der Waals surface area contributed by atoms with Gasteiger partial charge in [0.1, 0.15) is 11.5 Å². The Labute approximate surface area is 125 Å². The molecule has 0 N–H and O–H groups in total. The van der Waals surface area contributed by atoms with E-state index in [9.17, 15) is 13.6 Å². The molecular weight excluding hydrogens is 302 g/mol. The van der Waals surface area contributed by atoms with Crippen LogP contribution in [0, 0.1) is 11.6 Å². The van der Waals surface area contributed by atoms with E-state index in [1.165, 1.54) is 20.3 Å². The summed E-state index contributed by atoms with van der Waals surface area (Å²) in [6, 6.07) is 6.12. The maximum atomic E-state index is 13.3. The maximum Gasteiger partial charge on any atom is 0.198 e. The van der Waals surface area contributed by atoms with Crippen LogP contribution in [0.5, 0.6) is 11.5 Å². The van der Waals surface area contributed by atoms with Gasteiger partial charge in [0.15, 0.2) is 17.4 Å². The number of halogens is 3. The highest BCUT2D eigenvalue weighted by atomic mass is 35.5. The minimum Gasteiger partial charge on any atom is -0.497 e. The number of carbonyl (C=O) groups excluding carboxylic acids is 1. The van der Waals surface area contributed by atoms with Crippen molar-refractivity contribution in [3.63, 3.8) is 0 Å². The van der Waals surface area contributed by atoms with E-state index in [1.807, 2.05) is 0 Å². The van der Waals surface area contributed by atoms with Crippen LogP contribution in [0.3, 0.4) is 0 Å². The molecule has 21 heavy (non-hydrogen) atoms. The molecule has 2 aromatic carbocycles. The summed E-state index contributed by atoms with van der Waals surface area (Å²) >= 11 is 5.82. The second kappa shape index (κ2) is 6.10. The van der Waals surface area contributed by atoms with Crippen LogP contribution in [-0.4, -0.2) is 20.0 Å². The van der Waals surface area contributed by atoms with Crippen molar-refractivity contribution in [3.05, 3.63) is 58.1 Å². The van der Waals surface area contributed by atoms with Gasteiger partial charge in [-0.2, -0.15) is 0 Å². The minimum atomic E-state index is -1.15. The first-order chi connectivity index (χ1) is 9.97. The molecule has 110 valence electrons. The van der Waals surface area contributed by atoms with E-state index in [0.717, 1.165) is 12.1 Å². The second-order valence-corrected chi connectivity index (χ2v) is 4.55. The van der Waals surface area contributed by atoms with Crippen molar-refractivity contribution in [3.8, 4) is 11.5 Å². The summed E-state index contributed by atoms with van der Waals surface area (Å²) in [6.45, 7) is 0. The van der Waals surface area contributed by atoms with Crippen LogP contribution >= 0.6 is 11.6 Å². The van der Waals surface area contributed by atoms with Crippen LogP contribution in [0.2, 0.25) is 5.02 Å². The Bertz CT molecular complexity index is 702. The third kappa shape index (κ3) is 2.97. The molecule has 0 aliphatic rings. The molecule has 0 saturated carbocycles. The molecule has 0 aliphatic carbocycles.